The van der Waals surface area contributed by atoms with Crippen molar-refractivity contribution in [2.24, 2.45) is 0 Å². The van der Waals surface area contributed by atoms with E-state index in [0.29, 0.717) is 17.1 Å². The lowest BCUT2D eigenvalue weighted by Crippen LogP contribution is -1.96. The van der Waals surface area contributed by atoms with Crippen molar-refractivity contribution in [2.45, 2.75) is 13.3 Å². The maximum Gasteiger partial charge on any atom is 0.161 e. The first-order chi connectivity index (χ1) is 12.1. The average molecular weight is 339 g/mol. The fraction of sp³-hybridized carbons (Fsp3) is 0.211. The molecule has 4 rings (SSSR count). The Kier molecular flexibility index (Phi) is 3.60. The molecule has 1 aromatic heterocycles. The topological polar surface area (TPSA) is 59.2 Å². The fourth-order valence-electron chi connectivity index (χ4n) is 3.21. The molecule has 0 saturated carbocycles. The molecule has 0 aliphatic heterocycles. The second-order valence-electron chi connectivity index (χ2n) is 6.06. The lowest BCUT2D eigenvalue weighted by atomic mass is 10.1. The number of nitrogens with zero attached hydrogens (tertiary/aromatic N) is 1. The maximum absolute atomic E-state index is 13.4. The molecule has 128 valence electrons. The lowest BCUT2D eigenvalue weighted by Gasteiger charge is -2.10. The first-order valence-electron chi connectivity index (χ1n) is 7.96. The first-order valence-corrected chi connectivity index (χ1v) is 7.96. The highest BCUT2D eigenvalue weighted by Crippen LogP contribution is 2.44. The van der Waals surface area contributed by atoms with Gasteiger partial charge < -0.3 is 14.8 Å². The largest absolute Gasteiger partial charge is 0.493 e. The number of benzene rings is 2. The molecule has 2 N–H and O–H groups in total. The van der Waals surface area contributed by atoms with Crippen LogP contribution in [0.5, 0.6) is 11.5 Å². The number of H-pyrrole nitrogens is 1. The standard InChI is InChI=1S/C19H18FN3O2/c1-10-6-12(4-5-15(10)20)21-19-14-7-11-8-16(24-2)17(25-3)9-13(11)18(14)22-23-19/h4-6,8-9H,7H2,1-3H3,(H2,21,22,23). The van der Waals surface area contributed by atoms with Gasteiger partial charge in [-0.05, 0) is 48.4 Å². The van der Waals surface area contributed by atoms with Crippen LogP contribution >= 0.6 is 0 Å². The van der Waals surface area contributed by atoms with Crippen molar-refractivity contribution in [2.75, 3.05) is 19.5 Å². The molecule has 3 aromatic rings. The fourth-order valence-corrected chi connectivity index (χ4v) is 3.21. The van der Waals surface area contributed by atoms with Gasteiger partial charge in [-0.3, -0.25) is 5.10 Å². The van der Waals surface area contributed by atoms with Crippen LogP contribution in [-0.4, -0.2) is 24.4 Å². The summed E-state index contributed by atoms with van der Waals surface area (Å²) in [4.78, 5) is 0. The molecule has 0 amide bonds. The predicted molar refractivity (Wildman–Crippen MR) is 94.4 cm³/mol. The SMILES string of the molecule is COc1cc2c(cc1OC)-c1[nH]nc(Nc3ccc(F)c(C)c3)c1C2. The summed E-state index contributed by atoms with van der Waals surface area (Å²) in [6.45, 7) is 1.74. The molecule has 0 radical (unpaired) electrons. The Bertz CT molecular complexity index is 966. The van der Waals surface area contributed by atoms with Crippen LogP contribution in [0, 0.1) is 12.7 Å². The number of nitrogens with one attached hydrogen (secondary N) is 2. The van der Waals surface area contributed by atoms with Crippen LogP contribution in [0.2, 0.25) is 0 Å². The Hall–Kier alpha value is -3.02. The molecule has 2 aromatic carbocycles. The summed E-state index contributed by atoms with van der Waals surface area (Å²) >= 11 is 0. The minimum Gasteiger partial charge on any atom is -0.493 e. The van der Waals surface area contributed by atoms with Crippen LogP contribution in [0.25, 0.3) is 11.3 Å². The van der Waals surface area contributed by atoms with Gasteiger partial charge in [-0.1, -0.05) is 0 Å². The van der Waals surface area contributed by atoms with Gasteiger partial charge in [0.15, 0.2) is 17.3 Å². The highest BCUT2D eigenvalue weighted by molar-refractivity contribution is 5.81. The number of rotatable bonds is 4. The highest BCUT2D eigenvalue weighted by atomic mass is 19.1. The smallest absolute Gasteiger partial charge is 0.161 e. The van der Waals surface area contributed by atoms with Gasteiger partial charge in [-0.15, -0.1) is 0 Å². The van der Waals surface area contributed by atoms with Gasteiger partial charge in [0, 0.05) is 23.2 Å². The first kappa shape index (κ1) is 15.5. The van der Waals surface area contributed by atoms with Crippen molar-refractivity contribution in [3.05, 3.63) is 52.8 Å². The Morgan fingerprint density at radius 3 is 2.60 bits per heavy atom. The van der Waals surface area contributed by atoms with Gasteiger partial charge in [0.05, 0.1) is 19.9 Å². The van der Waals surface area contributed by atoms with Crippen LogP contribution in [0.3, 0.4) is 0 Å². The summed E-state index contributed by atoms with van der Waals surface area (Å²) < 4.78 is 24.2. The number of anilines is 2. The van der Waals surface area contributed by atoms with E-state index in [1.165, 1.54) is 6.07 Å². The van der Waals surface area contributed by atoms with Gasteiger partial charge in [0.25, 0.3) is 0 Å². The maximum atomic E-state index is 13.4. The minimum absolute atomic E-state index is 0.218. The van der Waals surface area contributed by atoms with Crippen molar-refractivity contribution >= 4 is 11.5 Å². The second-order valence-corrected chi connectivity index (χ2v) is 6.06. The number of aromatic amines is 1. The van der Waals surface area contributed by atoms with E-state index in [0.717, 1.165) is 40.3 Å². The molecule has 5 nitrogen and oxygen atoms in total. The van der Waals surface area contributed by atoms with Crippen molar-refractivity contribution in [3.8, 4) is 22.8 Å². The molecular weight excluding hydrogens is 321 g/mol. The quantitative estimate of drug-likeness (QED) is 0.585. The Morgan fingerprint density at radius 2 is 1.88 bits per heavy atom. The third-order valence-corrected chi connectivity index (χ3v) is 4.53. The van der Waals surface area contributed by atoms with E-state index in [9.17, 15) is 4.39 Å². The van der Waals surface area contributed by atoms with Crippen LogP contribution in [0.1, 0.15) is 16.7 Å². The van der Waals surface area contributed by atoms with Gasteiger partial charge in [-0.2, -0.15) is 5.10 Å². The van der Waals surface area contributed by atoms with Gasteiger partial charge in [-0.25, -0.2) is 4.39 Å². The molecular formula is C19H18FN3O2. The number of ether oxygens (including phenoxy) is 2. The monoisotopic (exact) mass is 339 g/mol. The molecule has 1 aliphatic rings. The third-order valence-electron chi connectivity index (χ3n) is 4.53. The Balaban J connectivity index is 1.70. The molecule has 0 unspecified atom stereocenters. The van der Waals surface area contributed by atoms with E-state index in [-0.39, 0.29) is 5.82 Å². The molecule has 25 heavy (non-hydrogen) atoms. The zero-order chi connectivity index (χ0) is 17.6. The molecule has 0 bridgehead atoms. The molecule has 0 atom stereocenters. The van der Waals surface area contributed by atoms with Gasteiger partial charge in [0.1, 0.15) is 5.82 Å². The van der Waals surface area contributed by atoms with E-state index in [1.54, 1.807) is 33.3 Å². The summed E-state index contributed by atoms with van der Waals surface area (Å²) in [6.07, 6.45) is 0.740. The zero-order valence-electron chi connectivity index (χ0n) is 14.2. The predicted octanol–water partition coefficient (Wildman–Crippen LogP) is 4.19. The summed E-state index contributed by atoms with van der Waals surface area (Å²) in [5.74, 6) is 1.93. The Morgan fingerprint density at radius 1 is 1.12 bits per heavy atom. The van der Waals surface area contributed by atoms with Crippen LogP contribution < -0.4 is 14.8 Å². The molecule has 0 saturated heterocycles. The van der Waals surface area contributed by atoms with Crippen molar-refractivity contribution < 1.29 is 13.9 Å². The summed E-state index contributed by atoms with van der Waals surface area (Å²) in [5, 5.41) is 10.7. The van der Waals surface area contributed by atoms with Crippen molar-refractivity contribution in [1.29, 1.82) is 0 Å². The minimum atomic E-state index is -0.218. The van der Waals surface area contributed by atoms with Gasteiger partial charge in [0.2, 0.25) is 0 Å². The number of hydrogen-bond acceptors (Lipinski definition) is 4. The van der Waals surface area contributed by atoms with E-state index in [1.807, 2.05) is 12.1 Å². The molecule has 1 aliphatic carbocycles. The number of aromatic nitrogens is 2. The summed E-state index contributed by atoms with van der Waals surface area (Å²) in [7, 11) is 3.25. The summed E-state index contributed by atoms with van der Waals surface area (Å²) in [6, 6.07) is 8.88. The normalized spacial score (nSPS) is 11.8. The number of aryl methyl sites for hydroxylation is 1. The van der Waals surface area contributed by atoms with E-state index >= 15 is 0 Å². The van der Waals surface area contributed by atoms with E-state index < -0.39 is 0 Å². The number of hydrogen-bond donors (Lipinski definition) is 2. The lowest BCUT2D eigenvalue weighted by molar-refractivity contribution is 0.355. The molecule has 0 spiro atoms. The van der Waals surface area contributed by atoms with Crippen molar-refractivity contribution in [3.63, 3.8) is 0 Å². The zero-order valence-corrected chi connectivity index (χ0v) is 14.2. The molecule has 0 fully saturated rings. The van der Waals surface area contributed by atoms with Gasteiger partial charge >= 0.3 is 0 Å². The molecule has 6 heteroatoms. The number of fused-ring (bicyclic) bond motifs is 3. The van der Waals surface area contributed by atoms with Crippen molar-refractivity contribution in [1.82, 2.24) is 10.2 Å². The van der Waals surface area contributed by atoms with Crippen LogP contribution in [0.4, 0.5) is 15.9 Å². The van der Waals surface area contributed by atoms with E-state index in [2.05, 4.69) is 15.5 Å². The molecule has 1 heterocycles. The third kappa shape index (κ3) is 2.50. The van der Waals surface area contributed by atoms with E-state index in [4.69, 9.17) is 9.47 Å². The second kappa shape index (κ2) is 5.81. The van der Waals surface area contributed by atoms with Crippen LogP contribution in [0.15, 0.2) is 30.3 Å². The summed E-state index contributed by atoms with van der Waals surface area (Å²) in [5.41, 5.74) is 5.65. The van der Waals surface area contributed by atoms with Crippen LogP contribution in [-0.2, 0) is 6.42 Å². The highest BCUT2D eigenvalue weighted by Gasteiger charge is 2.26. The number of halogens is 1. The average Bonchev–Trinajstić information content (AvgIpc) is 3.16. The Labute approximate surface area is 144 Å². The number of methoxy groups -OCH3 is 2.